The number of hydrogen-bond acceptors (Lipinski definition) is 5. The van der Waals surface area contributed by atoms with Crippen molar-refractivity contribution < 1.29 is 24.2 Å². The molecule has 7 nitrogen and oxygen atoms in total. The Morgan fingerprint density at radius 3 is 2.41 bits per heavy atom. The minimum absolute atomic E-state index is 0.134. The number of hydrazone groups is 1. The highest BCUT2D eigenvalue weighted by Gasteiger charge is 2.11. The zero-order valence-electron chi connectivity index (χ0n) is 13.6. The summed E-state index contributed by atoms with van der Waals surface area (Å²) < 4.78 is 10.4. The number of carboxylic acids is 1. The zero-order valence-corrected chi connectivity index (χ0v) is 15.9. The first kappa shape index (κ1) is 20.8. The molecule has 10 heteroatoms. The van der Waals surface area contributed by atoms with E-state index in [0.29, 0.717) is 16.3 Å². The molecular weight excluding hydrogens is 419 g/mol. The van der Waals surface area contributed by atoms with Crippen LogP contribution < -0.4 is 14.9 Å². The Labute approximate surface area is 169 Å². The highest BCUT2D eigenvalue weighted by molar-refractivity contribution is 6.40. The van der Waals surface area contributed by atoms with Crippen molar-refractivity contribution in [3.05, 3.63) is 57.0 Å². The zero-order chi connectivity index (χ0) is 19.8. The van der Waals surface area contributed by atoms with Crippen LogP contribution in [0.15, 0.2) is 41.5 Å². The number of ether oxygens (including phenoxy) is 2. The van der Waals surface area contributed by atoms with Crippen molar-refractivity contribution in [2.75, 3.05) is 13.2 Å². The molecule has 27 heavy (non-hydrogen) atoms. The molecule has 0 saturated carbocycles. The Bertz CT molecular complexity index is 850. The molecule has 2 rings (SSSR count). The fourth-order valence-electron chi connectivity index (χ4n) is 1.87. The number of nitrogens with zero attached hydrogens (tertiary/aromatic N) is 1. The maximum Gasteiger partial charge on any atom is 0.341 e. The summed E-state index contributed by atoms with van der Waals surface area (Å²) in [4.78, 5) is 22.4. The molecule has 142 valence electrons. The topological polar surface area (TPSA) is 97.2 Å². The highest BCUT2D eigenvalue weighted by Crippen LogP contribution is 2.35. The molecule has 0 aliphatic rings. The van der Waals surface area contributed by atoms with Crippen molar-refractivity contribution in [1.82, 2.24) is 5.43 Å². The Hall–Kier alpha value is -2.48. The van der Waals surface area contributed by atoms with Crippen molar-refractivity contribution in [3.63, 3.8) is 0 Å². The Morgan fingerprint density at radius 1 is 1.07 bits per heavy atom. The number of carbonyl (C=O) groups is 2. The summed E-state index contributed by atoms with van der Waals surface area (Å²) in [6.45, 7) is -0.872. The summed E-state index contributed by atoms with van der Waals surface area (Å²) in [5.74, 6) is -1.22. The van der Waals surface area contributed by atoms with Crippen molar-refractivity contribution in [2.24, 2.45) is 5.10 Å². The first-order valence-electron chi connectivity index (χ1n) is 7.39. The van der Waals surface area contributed by atoms with Gasteiger partial charge in [0.1, 0.15) is 5.75 Å². The summed E-state index contributed by atoms with van der Waals surface area (Å²) in [6.07, 6.45) is 1.32. The molecule has 0 bridgehead atoms. The predicted octanol–water partition coefficient (Wildman–Crippen LogP) is 3.64. The van der Waals surface area contributed by atoms with Crippen LogP contribution in [0.5, 0.6) is 11.5 Å². The van der Waals surface area contributed by atoms with Crippen LogP contribution in [0, 0.1) is 0 Å². The SMILES string of the molecule is O=C(O)COc1ccccc1/C=N/NC(=O)COc1c(Cl)cc(Cl)cc1Cl. The first-order valence-corrected chi connectivity index (χ1v) is 8.53. The number of amides is 1. The lowest BCUT2D eigenvalue weighted by Crippen LogP contribution is -2.24. The van der Waals surface area contributed by atoms with Gasteiger partial charge in [-0.3, -0.25) is 4.79 Å². The van der Waals surface area contributed by atoms with Crippen LogP contribution >= 0.6 is 34.8 Å². The second-order valence-electron chi connectivity index (χ2n) is 5.00. The Kier molecular flexibility index (Phi) is 7.72. The second-order valence-corrected chi connectivity index (χ2v) is 6.25. The van der Waals surface area contributed by atoms with Gasteiger partial charge in [-0.25, -0.2) is 10.2 Å². The molecule has 1 amide bonds. The van der Waals surface area contributed by atoms with Gasteiger partial charge in [0.2, 0.25) is 0 Å². The number of aliphatic carboxylic acids is 1. The minimum Gasteiger partial charge on any atom is -0.481 e. The molecule has 0 unspecified atom stereocenters. The lowest BCUT2D eigenvalue weighted by molar-refractivity contribution is -0.139. The molecule has 0 aromatic heterocycles. The summed E-state index contributed by atoms with van der Waals surface area (Å²) in [5, 5.41) is 13.1. The van der Waals surface area contributed by atoms with Crippen LogP contribution in [0.1, 0.15) is 5.56 Å². The average molecular weight is 432 g/mol. The van der Waals surface area contributed by atoms with E-state index in [9.17, 15) is 9.59 Å². The second kappa shape index (κ2) is 10.0. The van der Waals surface area contributed by atoms with Gasteiger partial charge < -0.3 is 14.6 Å². The van der Waals surface area contributed by atoms with Gasteiger partial charge >= 0.3 is 5.97 Å². The number of hydrogen-bond donors (Lipinski definition) is 2. The van der Waals surface area contributed by atoms with Crippen LogP contribution in [0.2, 0.25) is 15.1 Å². The van der Waals surface area contributed by atoms with E-state index >= 15 is 0 Å². The van der Waals surface area contributed by atoms with Gasteiger partial charge in [0.25, 0.3) is 5.91 Å². The minimum atomic E-state index is -1.10. The molecule has 2 aromatic carbocycles. The third kappa shape index (κ3) is 6.63. The number of halogens is 3. The number of carbonyl (C=O) groups excluding carboxylic acids is 1. The third-order valence-electron chi connectivity index (χ3n) is 2.97. The standard InChI is InChI=1S/C17H13Cl3N2O5/c18-11-5-12(19)17(13(20)6-11)27-8-15(23)22-21-7-10-3-1-2-4-14(10)26-9-16(24)25/h1-7H,8-9H2,(H,22,23)(H,24,25)/b21-7+. The molecule has 0 aliphatic carbocycles. The van der Waals surface area contributed by atoms with E-state index in [4.69, 9.17) is 49.4 Å². The fraction of sp³-hybridized carbons (Fsp3) is 0.118. The largest absolute Gasteiger partial charge is 0.481 e. The van der Waals surface area contributed by atoms with E-state index in [1.807, 2.05) is 0 Å². The molecule has 0 heterocycles. The van der Waals surface area contributed by atoms with Gasteiger partial charge in [-0.15, -0.1) is 0 Å². The Balaban J connectivity index is 1.92. The van der Waals surface area contributed by atoms with Gasteiger partial charge in [0.05, 0.1) is 16.3 Å². The molecular formula is C17H13Cl3N2O5. The van der Waals surface area contributed by atoms with E-state index in [1.165, 1.54) is 18.3 Å². The summed E-state index contributed by atoms with van der Waals surface area (Å²) in [7, 11) is 0. The van der Waals surface area contributed by atoms with Gasteiger partial charge in [0, 0.05) is 10.6 Å². The highest BCUT2D eigenvalue weighted by atomic mass is 35.5. The molecule has 0 radical (unpaired) electrons. The van der Waals surface area contributed by atoms with Gasteiger partial charge in [-0.05, 0) is 24.3 Å². The number of nitrogens with one attached hydrogen (secondary N) is 1. The summed E-state index contributed by atoms with van der Waals surface area (Å²) >= 11 is 17.7. The van der Waals surface area contributed by atoms with E-state index in [1.54, 1.807) is 24.3 Å². The van der Waals surface area contributed by atoms with Crippen LogP contribution in [0.4, 0.5) is 0 Å². The number of carboxylic acid groups (broad SMARTS) is 1. The van der Waals surface area contributed by atoms with E-state index < -0.39 is 18.5 Å². The van der Waals surface area contributed by atoms with Gasteiger partial charge in [-0.2, -0.15) is 5.10 Å². The van der Waals surface area contributed by atoms with Gasteiger partial charge in [-0.1, -0.05) is 46.9 Å². The molecule has 0 fully saturated rings. The normalized spacial score (nSPS) is 10.6. The number of benzene rings is 2. The van der Waals surface area contributed by atoms with E-state index in [-0.39, 0.29) is 22.4 Å². The van der Waals surface area contributed by atoms with Crippen LogP contribution in [-0.2, 0) is 9.59 Å². The van der Waals surface area contributed by atoms with Crippen LogP contribution in [-0.4, -0.2) is 36.4 Å². The van der Waals surface area contributed by atoms with E-state index in [0.717, 1.165) is 0 Å². The molecule has 2 N–H and O–H groups in total. The van der Waals surface area contributed by atoms with Crippen molar-refractivity contribution in [2.45, 2.75) is 0 Å². The van der Waals surface area contributed by atoms with E-state index in [2.05, 4.69) is 10.5 Å². The van der Waals surface area contributed by atoms with Gasteiger partial charge in [0.15, 0.2) is 19.0 Å². The van der Waals surface area contributed by atoms with Crippen molar-refractivity contribution in [3.8, 4) is 11.5 Å². The molecule has 0 atom stereocenters. The average Bonchev–Trinajstić information content (AvgIpc) is 2.60. The smallest absolute Gasteiger partial charge is 0.341 e. The predicted molar refractivity (Wildman–Crippen MR) is 102 cm³/mol. The summed E-state index contributed by atoms with van der Waals surface area (Å²) in [6, 6.07) is 9.50. The van der Waals surface area contributed by atoms with Crippen LogP contribution in [0.3, 0.4) is 0 Å². The number of rotatable bonds is 8. The molecule has 0 spiro atoms. The van der Waals surface area contributed by atoms with Crippen LogP contribution in [0.25, 0.3) is 0 Å². The molecule has 0 aliphatic heterocycles. The molecule has 0 saturated heterocycles. The van der Waals surface area contributed by atoms with Crippen molar-refractivity contribution in [1.29, 1.82) is 0 Å². The summed E-state index contributed by atoms with van der Waals surface area (Å²) in [5.41, 5.74) is 2.75. The monoisotopic (exact) mass is 430 g/mol. The lowest BCUT2D eigenvalue weighted by atomic mass is 10.2. The lowest BCUT2D eigenvalue weighted by Gasteiger charge is -2.09. The maximum atomic E-state index is 11.8. The number of para-hydroxylation sites is 1. The quantitative estimate of drug-likeness (QED) is 0.491. The Morgan fingerprint density at radius 2 is 1.74 bits per heavy atom. The molecule has 2 aromatic rings. The maximum absolute atomic E-state index is 11.8. The third-order valence-corrected chi connectivity index (χ3v) is 3.75. The fourth-order valence-corrected chi connectivity index (χ4v) is 2.79. The first-order chi connectivity index (χ1) is 12.9. The van der Waals surface area contributed by atoms with Crippen molar-refractivity contribution >= 4 is 52.9 Å².